The zero-order chi connectivity index (χ0) is 34.9. The average Bonchev–Trinajstić information content (AvgIpc) is 3.39. The van der Waals surface area contributed by atoms with E-state index >= 15 is 4.79 Å². The Morgan fingerprint density at radius 1 is 0.800 bits per heavy atom. The molecule has 50 heavy (non-hydrogen) atoms. The van der Waals surface area contributed by atoms with Gasteiger partial charge in [-0.1, -0.05) is 96.0 Å². The molecule has 1 heterocycles. The number of rotatable bonds is 5. The lowest BCUT2D eigenvalue weighted by molar-refractivity contribution is -0.135. The highest BCUT2D eigenvalue weighted by Gasteiger charge is 2.66. The predicted molar refractivity (Wildman–Crippen MR) is 188 cm³/mol. The third-order valence-electron chi connectivity index (χ3n) is 11.1. The largest absolute Gasteiger partial charge is 0.508 e. The minimum atomic E-state index is -1.80. The second kappa shape index (κ2) is 12.1. The van der Waals surface area contributed by atoms with Gasteiger partial charge in [0.05, 0.1) is 22.9 Å². The first-order chi connectivity index (χ1) is 24.1. The van der Waals surface area contributed by atoms with E-state index in [0.29, 0.717) is 27.3 Å². The minimum Gasteiger partial charge on any atom is -0.508 e. The van der Waals surface area contributed by atoms with Gasteiger partial charge in [0.2, 0.25) is 11.8 Å². The molecule has 4 aliphatic rings. The van der Waals surface area contributed by atoms with E-state index in [-0.39, 0.29) is 46.9 Å². The second-order valence-corrected chi connectivity index (χ2v) is 13.9. The van der Waals surface area contributed by atoms with E-state index in [9.17, 15) is 29.5 Å². The lowest BCUT2D eigenvalue weighted by Crippen LogP contribution is -2.58. The van der Waals surface area contributed by atoms with Gasteiger partial charge in [-0.3, -0.25) is 24.1 Å². The highest BCUT2D eigenvalue weighted by atomic mass is 35.5. The van der Waals surface area contributed by atoms with Crippen molar-refractivity contribution >= 4 is 58.8 Å². The Labute approximate surface area is 293 Å². The number of carbonyl (C=O) groups excluding carboxylic acids is 4. The zero-order valence-electron chi connectivity index (χ0n) is 26.6. The number of fused-ring (bicyclic) bond motifs is 4. The predicted octanol–water partition coefficient (Wildman–Crippen LogP) is 4.75. The van der Waals surface area contributed by atoms with Gasteiger partial charge >= 0.3 is 7.12 Å². The molecule has 3 aliphatic carbocycles. The Balaban J connectivity index is 1.35. The van der Waals surface area contributed by atoms with E-state index in [1.54, 1.807) is 48.5 Å². The van der Waals surface area contributed by atoms with Crippen LogP contribution in [0.2, 0.25) is 5.02 Å². The third-order valence-corrected chi connectivity index (χ3v) is 11.3. The molecule has 4 aromatic carbocycles. The number of allylic oxidation sites excluding steroid dienone is 4. The SMILES string of the molecule is O=C1C(c2ccccc2)=CC(=O)[C@@]2(c3ccccc3)[C@@H](c3cc(Cl)ccc3O)C3=CC[C@@H]4C(=O)N(c5cccc(B(O)O)c5)C(=O)[C@@H]4[C@@H]3C[C@@H]12. The number of carbonyl (C=O) groups is 4. The van der Waals surface area contributed by atoms with E-state index in [1.807, 2.05) is 42.5 Å². The lowest BCUT2D eigenvalue weighted by atomic mass is 9.44. The molecule has 0 unspecified atom stereocenters. The summed E-state index contributed by atoms with van der Waals surface area (Å²) < 4.78 is 0. The van der Waals surface area contributed by atoms with Gasteiger partial charge in [-0.2, -0.15) is 0 Å². The standard InChI is InChI=1S/C40H31BClNO7/c42-25-14-17-33(44)31(19-25)36-27-15-16-28-35(39(48)43(38(28)47)26-13-7-12-24(18-26)41(49)50)30(27)20-32-37(46)29(22-8-3-1-4-9-22)21-34(45)40(32,36)23-10-5-2-6-11-23/h1-15,17-19,21,28,30,32,35-36,44,49-50H,16,20H2/t28-,30+,32-,35-,36+,40-/m0/s1. The number of hydrogen-bond acceptors (Lipinski definition) is 7. The number of halogens is 1. The summed E-state index contributed by atoms with van der Waals surface area (Å²) in [4.78, 5) is 59.7. The third kappa shape index (κ3) is 4.68. The van der Waals surface area contributed by atoms with Crippen molar-refractivity contribution in [1.29, 1.82) is 0 Å². The van der Waals surface area contributed by atoms with Gasteiger partial charge in [0.25, 0.3) is 0 Å². The molecule has 8 rings (SSSR count). The van der Waals surface area contributed by atoms with Crippen molar-refractivity contribution in [2.24, 2.45) is 23.7 Å². The van der Waals surface area contributed by atoms with Gasteiger partial charge in [0.15, 0.2) is 11.6 Å². The Morgan fingerprint density at radius 2 is 1.52 bits per heavy atom. The van der Waals surface area contributed by atoms with Crippen LogP contribution in [-0.4, -0.2) is 45.7 Å². The summed E-state index contributed by atoms with van der Waals surface area (Å²) in [6.45, 7) is 0. The maximum atomic E-state index is 15.1. The molecule has 8 nitrogen and oxygen atoms in total. The van der Waals surface area contributed by atoms with Crippen molar-refractivity contribution in [2.75, 3.05) is 4.90 Å². The Morgan fingerprint density at radius 3 is 2.24 bits per heavy atom. The topological polar surface area (TPSA) is 132 Å². The molecule has 0 aromatic heterocycles. The number of Topliss-reactive ketones (excluding diaryl/α,β-unsaturated/α-hetero) is 1. The number of benzene rings is 4. The number of nitrogens with zero attached hydrogens (tertiary/aromatic N) is 1. The molecule has 1 saturated heterocycles. The number of amides is 2. The smallest absolute Gasteiger partial charge is 0.488 e. The molecule has 2 fully saturated rings. The fraction of sp³-hybridized carbons (Fsp3) is 0.200. The molecule has 248 valence electrons. The fourth-order valence-corrected chi connectivity index (χ4v) is 9.23. The van der Waals surface area contributed by atoms with Gasteiger partial charge in [0.1, 0.15) is 5.75 Å². The Bertz CT molecular complexity index is 2150. The van der Waals surface area contributed by atoms with Crippen molar-refractivity contribution in [3.8, 4) is 5.75 Å². The van der Waals surface area contributed by atoms with Gasteiger partial charge in [-0.15, -0.1) is 0 Å². The van der Waals surface area contributed by atoms with Crippen molar-refractivity contribution in [3.63, 3.8) is 0 Å². The second-order valence-electron chi connectivity index (χ2n) is 13.5. The molecule has 0 spiro atoms. The van der Waals surface area contributed by atoms with Crippen molar-refractivity contribution < 1.29 is 34.3 Å². The monoisotopic (exact) mass is 683 g/mol. The number of anilines is 1. The van der Waals surface area contributed by atoms with Crippen LogP contribution < -0.4 is 10.4 Å². The maximum absolute atomic E-state index is 15.1. The van der Waals surface area contributed by atoms with E-state index in [0.717, 1.165) is 4.90 Å². The quantitative estimate of drug-likeness (QED) is 0.157. The van der Waals surface area contributed by atoms with Crippen LogP contribution in [0.1, 0.15) is 35.4 Å². The van der Waals surface area contributed by atoms with E-state index in [1.165, 1.54) is 24.3 Å². The van der Waals surface area contributed by atoms with Crippen LogP contribution in [-0.2, 0) is 24.6 Å². The van der Waals surface area contributed by atoms with Crippen LogP contribution in [0, 0.1) is 23.7 Å². The first kappa shape index (κ1) is 32.1. The van der Waals surface area contributed by atoms with Gasteiger partial charge in [0, 0.05) is 28.0 Å². The van der Waals surface area contributed by atoms with Crippen molar-refractivity contribution in [3.05, 3.63) is 143 Å². The highest BCUT2D eigenvalue weighted by molar-refractivity contribution is 6.58. The number of aromatic hydroxyl groups is 1. The van der Waals surface area contributed by atoms with Gasteiger partial charge < -0.3 is 15.2 Å². The number of hydrogen-bond donors (Lipinski definition) is 3. The molecule has 0 radical (unpaired) electrons. The van der Waals surface area contributed by atoms with Crippen LogP contribution in [0.3, 0.4) is 0 Å². The zero-order valence-corrected chi connectivity index (χ0v) is 27.4. The minimum absolute atomic E-state index is 0.106. The molecule has 1 aliphatic heterocycles. The maximum Gasteiger partial charge on any atom is 0.488 e. The summed E-state index contributed by atoms with van der Waals surface area (Å²) in [5, 5.41) is 31.4. The molecule has 1 saturated carbocycles. The average molecular weight is 684 g/mol. The Kier molecular flexibility index (Phi) is 7.75. The van der Waals surface area contributed by atoms with Crippen LogP contribution >= 0.6 is 11.6 Å². The number of phenols is 1. The summed E-state index contributed by atoms with van der Waals surface area (Å²) in [6, 6.07) is 28.8. The van der Waals surface area contributed by atoms with Crippen LogP contribution in [0.25, 0.3) is 5.57 Å². The van der Waals surface area contributed by atoms with E-state index < -0.39 is 53.9 Å². The lowest BCUT2D eigenvalue weighted by Gasteiger charge is -2.55. The highest BCUT2D eigenvalue weighted by Crippen LogP contribution is 2.64. The van der Waals surface area contributed by atoms with Crippen LogP contribution in [0.5, 0.6) is 5.75 Å². The number of phenolic OH excluding ortho intramolecular Hbond substituents is 1. The molecule has 10 heteroatoms. The van der Waals surface area contributed by atoms with Crippen molar-refractivity contribution in [2.45, 2.75) is 24.2 Å². The molecule has 3 N–H and O–H groups in total. The first-order valence-corrected chi connectivity index (χ1v) is 16.9. The summed E-state index contributed by atoms with van der Waals surface area (Å²) in [6.07, 6.45) is 3.64. The van der Waals surface area contributed by atoms with E-state index in [4.69, 9.17) is 11.6 Å². The summed E-state index contributed by atoms with van der Waals surface area (Å²) in [5.41, 5.74) is 1.39. The Hall–Kier alpha value is -5.09. The summed E-state index contributed by atoms with van der Waals surface area (Å²) >= 11 is 6.56. The molecule has 4 aromatic rings. The summed E-state index contributed by atoms with van der Waals surface area (Å²) in [5.74, 6) is -5.66. The van der Waals surface area contributed by atoms with E-state index in [2.05, 4.69) is 0 Å². The van der Waals surface area contributed by atoms with Crippen LogP contribution in [0.15, 0.2) is 121 Å². The molecule has 2 amide bonds. The number of imide groups is 1. The molecular weight excluding hydrogens is 653 g/mol. The normalized spacial score (nSPS) is 27.3. The van der Waals surface area contributed by atoms with Crippen molar-refractivity contribution in [1.82, 2.24) is 0 Å². The van der Waals surface area contributed by atoms with Crippen LogP contribution in [0.4, 0.5) is 5.69 Å². The number of ketones is 2. The first-order valence-electron chi connectivity index (χ1n) is 16.6. The molecular formula is C40H31BClNO7. The summed E-state index contributed by atoms with van der Waals surface area (Å²) in [7, 11) is -1.80. The molecule has 0 bridgehead atoms. The fourth-order valence-electron chi connectivity index (χ4n) is 9.05. The van der Waals surface area contributed by atoms with Gasteiger partial charge in [-0.05, 0) is 71.8 Å². The molecule has 6 atom stereocenters. The van der Waals surface area contributed by atoms with Gasteiger partial charge in [-0.25, -0.2) is 0 Å².